The number of hydrogen-bond acceptors (Lipinski definition) is 2. The first-order valence-electron chi connectivity index (χ1n) is 6.65. The lowest BCUT2D eigenvalue weighted by molar-refractivity contribution is -0.137. The zero-order chi connectivity index (χ0) is 18.1. The van der Waals surface area contributed by atoms with Crippen LogP contribution in [0.15, 0.2) is 47.4 Å². The van der Waals surface area contributed by atoms with Crippen LogP contribution in [0.3, 0.4) is 0 Å². The molecule has 0 saturated heterocycles. The Hall–Kier alpha value is -2.00. The molecule has 0 radical (unpaired) electrons. The topological polar surface area (TPSA) is 46.2 Å². The SMILES string of the molecule is C[C@H](NS(=O)(=O)c1ccc(C(F)(F)F)cc1)c1ccc(F)cc1F. The predicted molar refractivity (Wildman–Crippen MR) is 76.5 cm³/mol. The summed E-state index contributed by atoms with van der Waals surface area (Å²) in [6, 6.07) is 4.51. The number of benzene rings is 2. The number of alkyl halides is 3. The van der Waals surface area contributed by atoms with Gasteiger partial charge in [0.05, 0.1) is 10.5 Å². The van der Waals surface area contributed by atoms with Gasteiger partial charge in [0.2, 0.25) is 10.0 Å². The van der Waals surface area contributed by atoms with Crippen LogP contribution in [0.1, 0.15) is 24.1 Å². The molecule has 0 heterocycles. The minimum Gasteiger partial charge on any atom is -0.207 e. The molecule has 0 fully saturated rings. The normalized spacial score (nSPS) is 13.8. The van der Waals surface area contributed by atoms with E-state index in [9.17, 15) is 30.4 Å². The average Bonchev–Trinajstić information content (AvgIpc) is 2.45. The maximum Gasteiger partial charge on any atom is 0.416 e. The summed E-state index contributed by atoms with van der Waals surface area (Å²) in [4.78, 5) is -0.398. The molecule has 3 nitrogen and oxygen atoms in total. The van der Waals surface area contributed by atoms with Crippen molar-refractivity contribution in [2.24, 2.45) is 0 Å². The zero-order valence-electron chi connectivity index (χ0n) is 12.2. The Bertz CT molecular complexity index is 832. The molecule has 0 unspecified atom stereocenters. The molecule has 2 aromatic carbocycles. The third kappa shape index (κ3) is 4.09. The Labute approximate surface area is 135 Å². The van der Waals surface area contributed by atoms with Crippen LogP contribution in [-0.4, -0.2) is 8.42 Å². The number of nitrogens with one attached hydrogen (secondary N) is 1. The van der Waals surface area contributed by atoms with Crippen LogP contribution < -0.4 is 4.72 Å². The standard InChI is InChI=1S/C15H12F5NO2S/c1-9(13-7-4-11(16)8-14(13)17)21-24(22,23)12-5-2-10(3-6-12)15(18,19)20/h2-9,21H,1H3/t9-/m0/s1. The van der Waals surface area contributed by atoms with Crippen molar-refractivity contribution in [2.75, 3.05) is 0 Å². The molecule has 0 aliphatic carbocycles. The molecule has 0 bridgehead atoms. The van der Waals surface area contributed by atoms with Gasteiger partial charge in [0.1, 0.15) is 11.6 Å². The highest BCUT2D eigenvalue weighted by atomic mass is 32.2. The van der Waals surface area contributed by atoms with Gasteiger partial charge in [0.25, 0.3) is 0 Å². The van der Waals surface area contributed by atoms with Gasteiger partial charge >= 0.3 is 6.18 Å². The highest BCUT2D eigenvalue weighted by molar-refractivity contribution is 7.89. The second-order valence-corrected chi connectivity index (χ2v) is 6.74. The van der Waals surface area contributed by atoms with Gasteiger partial charge in [-0.05, 0) is 37.3 Å². The number of hydrogen-bond donors (Lipinski definition) is 1. The van der Waals surface area contributed by atoms with Crippen LogP contribution in [-0.2, 0) is 16.2 Å². The van der Waals surface area contributed by atoms with E-state index in [0.29, 0.717) is 18.2 Å². The molecule has 2 rings (SSSR count). The molecule has 0 aromatic heterocycles. The van der Waals surface area contributed by atoms with Crippen molar-refractivity contribution >= 4 is 10.0 Å². The van der Waals surface area contributed by atoms with E-state index in [2.05, 4.69) is 4.72 Å². The van der Waals surface area contributed by atoms with Gasteiger partial charge in [0.15, 0.2) is 0 Å². The van der Waals surface area contributed by atoms with Crippen molar-refractivity contribution in [3.05, 3.63) is 65.2 Å². The fourth-order valence-corrected chi connectivity index (χ4v) is 3.26. The Balaban J connectivity index is 2.24. The summed E-state index contributed by atoms with van der Waals surface area (Å²) in [6.45, 7) is 1.33. The first kappa shape index (κ1) is 18.3. The summed E-state index contributed by atoms with van der Waals surface area (Å²) < 4.78 is 90.5. The van der Waals surface area contributed by atoms with Crippen LogP contribution in [0.5, 0.6) is 0 Å². The number of rotatable bonds is 4. The van der Waals surface area contributed by atoms with Gasteiger partial charge in [-0.15, -0.1) is 0 Å². The Morgan fingerprint density at radius 3 is 2.08 bits per heavy atom. The molecule has 0 aliphatic rings. The van der Waals surface area contributed by atoms with Crippen LogP contribution in [0.25, 0.3) is 0 Å². The molecule has 24 heavy (non-hydrogen) atoms. The van der Waals surface area contributed by atoms with Crippen molar-refractivity contribution in [3.8, 4) is 0 Å². The average molecular weight is 365 g/mol. The van der Waals surface area contributed by atoms with Crippen LogP contribution in [0.2, 0.25) is 0 Å². The van der Waals surface area contributed by atoms with Crippen molar-refractivity contribution in [1.29, 1.82) is 0 Å². The van der Waals surface area contributed by atoms with E-state index in [1.165, 1.54) is 6.92 Å². The summed E-state index contributed by atoms with van der Waals surface area (Å²) >= 11 is 0. The quantitative estimate of drug-likeness (QED) is 0.832. The molecule has 0 amide bonds. The molecule has 130 valence electrons. The van der Waals surface area contributed by atoms with Gasteiger partial charge < -0.3 is 0 Å². The summed E-state index contributed by atoms with van der Waals surface area (Å²) in [5.41, 5.74) is -1.08. The molecule has 1 atom stereocenters. The van der Waals surface area contributed by atoms with Crippen LogP contribution in [0, 0.1) is 11.6 Å². The summed E-state index contributed by atoms with van der Waals surface area (Å²) in [6.07, 6.45) is -4.58. The van der Waals surface area contributed by atoms with E-state index in [0.717, 1.165) is 24.3 Å². The lowest BCUT2D eigenvalue weighted by atomic mass is 10.1. The van der Waals surface area contributed by atoms with E-state index in [4.69, 9.17) is 0 Å². The molecule has 0 spiro atoms. The van der Waals surface area contributed by atoms with Crippen molar-refractivity contribution < 1.29 is 30.4 Å². The van der Waals surface area contributed by atoms with E-state index in [1.807, 2.05) is 0 Å². The van der Waals surface area contributed by atoms with E-state index in [-0.39, 0.29) is 5.56 Å². The lowest BCUT2D eigenvalue weighted by Crippen LogP contribution is -2.27. The fourth-order valence-electron chi connectivity index (χ4n) is 2.04. The first-order valence-corrected chi connectivity index (χ1v) is 8.13. The smallest absolute Gasteiger partial charge is 0.207 e. The van der Waals surface area contributed by atoms with E-state index < -0.39 is 44.3 Å². The Morgan fingerprint density at radius 1 is 1.00 bits per heavy atom. The molecule has 1 N–H and O–H groups in total. The van der Waals surface area contributed by atoms with Gasteiger partial charge in [-0.3, -0.25) is 0 Å². The van der Waals surface area contributed by atoms with E-state index in [1.54, 1.807) is 0 Å². The fraction of sp³-hybridized carbons (Fsp3) is 0.200. The predicted octanol–water partition coefficient (Wildman–Crippen LogP) is 4.02. The van der Waals surface area contributed by atoms with Crippen molar-refractivity contribution in [3.63, 3.8) is 0 Å². The third-order valence-electron chi connectivity index (χ3n) is 3.25. The highest BCUT2D eigenvalue weighted by Crippen LogP contribution is 2.30. The first-order chi connectivity index (χ1) is 11.0. The number of sulfonamides is 1. The maximum absolute atomic E-state index is 13.7. The molecular formula is C15H12F5NO2S. The molecule has 2 aromatic rings. The highest BCUT2D eigenvalue weighted by Gasteiger charge is 2.31. The van der Waals surface area contributed by atoms with Gasteiger partial charge in [-0.25, -0.2) is 21.9 Å². The van der Waals surface area contributed by atoms with Gasteiger partial charge in [-0.2, -0.15) is 13.2 Å². The summed E-state index contributed by atoms with van der Waals surface area (Å²) in [7, 11) is -4.17. The van der Waals surface area contributed by atoms with Crippen LogP contribution >= 0.6 is 0 Å². The summed E-state index contributed by atoms with van der Waals surface area (Å²) in [5.74, 6) is -1.74. The van der Waals surface area contributed by atoms with Gasteiger partial charge in [-0.1, -0.05) is 6.07 Å². The molecule has 0 saturated carbocycles. The van der Waals surface area contributed by atoms with Gasteiger partial charge in [0, 0.05) is 17.7 Å². The van der Waals surface area contributed by atoms with Crippen molar-refractivity contribution in [2.45, 2.75) is 24.0 Å². The monoisotopic (exact) mass is 365 g/mol. The minimum atomic E-state index is -4.58. The Morgan fingerprint density at radius 2 is 1.58 bits per heavy atom. The van der Waals surface area contributed by atoms with E-state index >= 15 is 0 Å². The maximum atomic E-state index is 13.7. The molecule has 0 aliphatic heterocycles. The number of halogens is 5. The molecular weight excluding hydrogens is 353 g/mol. The lowest BCUT2D eigenvalue weighted by Gasteiger charge is -2.16. The van der Waals surface area contributed by atoms with Crippen LogP contribution in [0.4, 0.5) is 22.0 Å². The Kier molecular flexibility index (Phi) is 4.95. The zero-order valence-corrected chi connectivity index (χ0v) is 13.0. The third-order valence-corrected chi connectivity index (χ3v) is 4.81. The second kappa shape index (κ2) is 6.48. The molecule has 9 heteroatoms. The summed E-state index contributed by atoms with van der Waals surface area (Å²) in [5, 5.41) is 0. The van der Waals surface area contributed by atoms with Crippen molar-refractivity contribution in [1.82, 2.24) is 4.72 Å². The minimum absolute atomic E-state index is 0.0908. The largest absolute Gasteiger partial charge is 0.416 e. The second-order valence-electron chi connectivity index (χ2n) is 5.03.